The van der Waals surface area contributed by atoms with Crippen LogP contribution in [0.15, 0.2) is 49.1 Å². The number of anilines is 2. The molecule has 8 heteroatoms. The third-order valence-corrected chi connectivity index (χ3v) is 3.26. The zero-order chi connectivity index (χ0) is 16.9. The Morgan fingerprint density at radius 1 is 1.25 bits per heavy atom. The molecule has 0 spiro atoms. The average Bonchev–Trinajstić information content (AvgIpc) is 3.02. The van der Waals surface area contributed by atoms with E-state index in [0.29, 0.717) is 17.8 Å². The summed E-state index contributed by atoms with van der Waals surface area (Å²) in [7, 11) is 0. The molecule has 0 aliphatic carbocycles. The normalized spacial score (nSPS) is 10.1. The minimum Gasteiger partial charge on any atom is -0.382 e. The molecule has 1 aromatic carbocycles. The van der Waals surface area contributed by atoms with Crippen molar-refractivity contribution in [3.05, 3.63) is 65.9 Å². The SMILES string of the molecule is N#Cc1ccc(Cn2cc(NC(=O)c3nccnc3N)cn2)cc1. The highest BCUT2D eigenvalue weighted by Gasteiger charge is 2.13. The molecule has 0 saturated heterocycles. The van der Waals surface area contributed by atoms with Crippen LogP contribution in [0.5, 0.6) is 0 Å². The zero-order valence-corrected chi connectivity index (χ0v) is 12.5. The predicted octanol–water partition coefficient (Wildman–Crippen LogP) is 1.43. The van der Waals surface area contributed by atoms with Crippen LogP contribution in [0.25, 0.3) is 0 Å². The summed E-state index contributed by atoms with van der Waals surface area (Å²) in [5.74, 6) is -0.376. The monoisotopic (exact) mass is 319 g/mol. The third-order valence-electron chi connectivity index (χ3n) is 3.26. The van der Waals surface area contributed by atoms with Gasteiger partial charge in [0.25, 0.3) is 5.91 Å². The predicted molar refractivity (Wildman–Crippen MR) is 86.9 cm³/mol. The average molecular weight is 319 g/mol. The largest absolute Gasteiger partial charge is 0.382 e. The molecule has 0 aliphatic heterocycles. The summed E-state index contributed by atoms with van der Waals surface area (Å²) in [6, 6.07) is 9.29. The van der Waals surface area contributed by atoms with E-state index in [0.717, 1.165) is 5.56 Å². The van der Waals surface area contributed by atoms with Gasteiger partial charge in [0, 0.05) is 18.6 Å². The van der Waals surface area contributed by atoms with E-state index in [-0.39, 0.29) is 11.5 Å². The van der Waals surface area contributed by atoms with E-state index < -0.39 is 5.91 Å². The molecule has 0 fully saturated rings. The number of nitrogens with two attached hydrogens (primary N) is 1. The van der Waals surface area contributed by atoms with Gasteiger partial charge in [-0.2, -0.15) is 10.4 Å². The van der Waals surface area contributed by atoms with Crippen LogP contribution in [0, 0.1) is 11.3 Å². The van der Waals surface area contributed by atoms with E-state index in [1.807, 2.05) is 12.1 Å². The summed E-state index contributed by atoms with van der Waals surface area (Å²) in [6.07, 6.45) is 6.05. The van der Waals surface area contributed by atoms with Gasteiger partial charge in [-0.15, -0.1) is 0 Å². The minimum absolute atomic E-state index is 0.0670. The number of nitrogens with one attached hydrogen (secondary N) is 1. The van der Waals surface area contributed by atoms with Crippen molar-refractivity contribution < 1.29 is 4.79 Å². The maximum Gasteiger partial charge on any atom is 0.278 e. The lowest BCUT2D eigenvalue weighted by Crippen LogP contribution is -2.16. The zero-order valence-electron chi connectivity index (χ0n) is 12.5. The van der Waals surface area contributed by atoms with Gasteiger partial charge in [-0.1, -0.05) is 12.1 Å². The molecule has 3 aromatic rings. The number of carbonyl (C=O) groups excluding carboxylic acids is 1. The minimum atomic E-state index is -0.446. The maximum atomic E-state index is 12.1. The standard InChI is InChI=1S/C16H13N7O/c17-7-11-1-3-12(4-2-11)9-23-10-13(8-21-23)22-16(24)14-15(18)20-6-5-19-14/h1-6,8,10H,9H2,(H2,18,20)(H,22,24). The molecule has 1 amide bonds. The molecule has 0 bridgehead atoms. The molecule has 24 heavy (non-hydrogen) atoms. The quantitative estimate of drug-likeness (QED) is 0.750. The lowest BCUT2D eigenvalue weighted by atomic mass is 10.1. The molecule has 118 valence electrons. The maximum absolute atomic E-state index is 12.1. The summed E-state index contributed by atoms with van der Waals surface area (Å²) in [6.45, 7) is 0.523. The molecule has 3 N–H and O–H groups in total. The molecule has 0 aliphatic rings. The molecule has 2 aromatic heterocycles. The second-order valence-corrected chi connectivity index (χ2v) is 4.98. The molecule has 0 radical (unpaired) electrons. The number of nitriles is 1. The number of benzene rings is 1. The van der Waals surface area contributed by atoms with Crippen LogP contribution in [-0.4, -0.2) is 25.7 Å². The summed E-state index contributed by atoms with van der Waals surface area (Å²) >= 11 is 0. The van der Waals surface area contributed by atoms with Crippen LogP contribution in [0.4, 0.5) is 11.5 Å². The molecule has 0 unspecified atom stereocenters. The van der Waals surface area contributed by atoms with E-state index in [9.17, 15) is 4.79 Å². The molecule has 0 atom stereocenters. The molecular formula is C16H13N7O. The second-order valence-electron chi connectivity index (χ2n) is 4.98. The fourth-order valence-electron chi connectivity index (χ4n) is 2.10. The van der Waals surface area contributed by atoms with Crippen molar-refractivity contribution in [2.45, 2.75) is 6.54 Å². The Bertz CT molecular complexity index is 909. The van der Waals surface area contributed by atoms with Crippen LogP contribution in [0.1, 0.15) is 21.6 Å². The highest BCUT2D eigenvalue weighted by atomic mass is 16.1. The number of nitrogen functional groups attached to an aromatic ring is 1. The van der Waals surface area contributed by atoms with Crippen LogP contribution >= 0.6 is 0 Å². The molecule has 2 heterocycles. The van der Waals surface area contributed by atoms with Crippen LogP contribution in [0.2, 0.25) is 0 Å². The van der Waals surface area contributed by atoms with Crippen LogP contribution < -0.4 is 11.1 Å². The van der Waals surface area contributed by atoms with Crippen molar-refractivity contribution in [3.8, 4) is 6.07 Å². The van der Waals surface area contributed by atoms with Crippen molar-refractivity contribution in [2.24, 2.45) is 0 Å². The summed E-state index contributed by atoms with van der Waals surface area (Å²) in [5.41, 5.74) is 7.82. The Kier molecular flexibility index (Phi) is 4.16. The first kappa shape index (κ1) is 15.2. The van der Waals surface area contributed by atoms with E-state index in [1.54, 1.807) is 23.0 Å². The molecule has 0 saturated carbocycles. The van der Waals surface area contributed by atoms with E-state index in [1.165, 1.54) is 18.6 Å². The van der Waals surface area contributed by atoms with Gasteiger partial charge >= 0.3 is 0 Å². The van der Waals surface area contributed by atoms with Gasteiger partial charge in [0.1, 0.15) is 0 Å². The smallest absolute Gasteiger partial charge is 0.278 e. The highest BCUT2D eigenvalue weighted by Crippen LogP contribution is 2.11. The van der Waals surface area contributed by atoms with Gasteiger partial charge in [0.2, 0.25) is 0 Å². The number of aromatic nitrogens is 4. The van der Waals surface area contributed by atoms with E-state index in [2.05, 4.69) is 26.5 Å². The summed E-state index contributed by atoms with van der Waals surface area (Å²) in [5, 5.41) is 15.7. The number of carbonyl (C=O) groups is 1. The second kappa shape index (κ2) is 6.58. The van der Waals surface area contributed by atoms with Gasteiger partial charge in [-0.25, -0.2) is 9.97 Å². The van der Waals surface area contributed by atoms with Crippen LogP contribution in [0.3, 0.4) is 0 Å². The third kappa shape index (κ3) is 3.36. The van der Waals surface area contributed by atoms with Gasteiger partial charge in [0.05, 0.1) is 30.1 Å². The number of rotatable bonds is 4. The Morgan fingerprint density at radius 2 is 2.00 bits per heavy atom. The lowest BCUT2D eigenvalue weighted by Gasteiger charge is -2.03. The number of hydrogen-bond donors (Lipinski definition) is 2. The first-order chi connectivity index (χ1) is 11.7. The van der Waals surface area contributed by atoms with Crippen molar-refractivity contribution in [1.82, 2.24) is 19.7 Å². The van der Waals surface area contributed by atoms with Crippen LogP contribution in [-0.2, 0) is 6.54 Å². The van der Waals surface area contributed by atoms with Gasteiger partial charge < -0.3 is 11.1 Å². The highest BCUT2D eigenvalue weighted by molar-refractivity contribution is 6.05. The van der Waals surface area contributed by atoms with Crippen molar-refractivity contribution in [1.29, 1.82) is 5.26 Å². The fraction of sp³-hybridized carbons (Fsp3) is 0.0625. The molecular weight excluding hydrogens is 306 g/mol. The summed E-state index contributed by atoms with van der Waals surface area (Å²) in [4.78, 5) is 19.9. The Morgan fingerprint density at radius 3 is 2.71 bits per heavy atom. The van der Waals surface area contributed by atoms with Crippen molar-refractivity contribution in [3.63, 3.8) is 0 Å². The number of hydrogen-bond acceptors (Lipinski definition) is 6. The van der Waals surface area contributed by atoms with Gasteiger partial charge in [-0.3, -0.25) is 9.48 Å². The van der Waals surface area contributed by atoms with E-state index in [4.69, 9.17) is 11.0 Å². The van der Waals surface area contributed by atoms with Crippen molar-refractivity contribution >= 4 is 17.4 Å². The summed E-state index contributed by atoms with van der Waals surface area (Å²) < 4.78 is 1.68. The molecule has 8 nitrogen and oxygen atoms in total. The van der Waals surface area contributed by atoms with Gasteiger partial charge in [-0.05, 0) is 17.7 Å². The lowest BCUT2D eigenvalue weighted by molar-refractivity contribution is 0.102. The fourth-order valence-corrected chi connectivity index (χ4v) is 2.10. The number of nitrogens with zero attached hydrogens (tertiary/aromatic N) is 5. The Hall–Kier alpha value is -3.73. The van der Waals surface area contributed by atoms with Crippen molar-refractivity contribution in [2.75, 3.05) is 11.1 Å². The number of amides is 1. The Labute approximate surface area is 137 Å². The van der Waals surface area contributed by atoms with E-state index >= 15 is 0 Å². The van der Waals surface area contributed by atoms with Gasteiger partial charge in [0.15, 0.2) is 11.5 Å². The topological polar surface area (TPSA) is 123 Å². The molecule has 3 rings (SSSR count). The first-order valence-electron chi connectivity index (χ1n) is 7.05. The first-order valence-corrected chi connectivity index (χ1v) is 7.05. The Balaban J connectivity index is 1.68.